The van der Waals surface area contributed by atoms with Gasteiger partial charge in [-0.05, 0) is 31.4 Å². The van der Waals surface area contributed by atoms with E-state index in [4.69, 9.17) is 22.1 Å². The van der Waals surface area contributed by atoms with Gasteiger partial charge < -0.3 is 10.5 Å². The molecular weight excluding hydrogens is 281 g/mol. The fraction of sp³-hybridized carbons (Fsp3) is 0.357. The van der Waals surface area contributed by atoms with Gasteiger partial charge in [0.1, 0.15) is 12.0 Å². The summed E-state index contributed by atoms with van der Waals surface area (Å²) in [6, 6.07) is 2.75. The molecule has 0 amide bonds. The van der Waals surface area contributed by atoms with Crippen molar-refractivity contribution in [3.05, 3.63) is 35.4 Å². The van der Waals surface area contributed by atoms with Gasteiger partial charge in [-0.25, -0.2) is 9.07 Å². The van der Waals surface area contributed by atoms with Crippen molar-refractivity contribution >= 4 is 17.3 Å². The average Bonchev–Trinajstić information content (AvgIpc) is 2.93. The highest BCUT2D eigenvalue weighted by molar-refractivity contribution is 6.33. The number of hydrogen-bond donors (Lipinski definition) is 1. The Labute approximate surface area is 121 Å². The second-order valence-electron chi connectivity index (χ2n) is 4.88. The summed E-state index contributed by atoms with van der Waals surface area (Å²) in [6.45, 7) is 0.738. The zero-order chi connectivity index (χ0) is 14.1. The van der Waals surface area contributed by atoms with Crippen molar-refractivity contribution in [3.8, 4) is 11.1 Å². The van der Waals surface area contributed by atoms with Gasteiger partial charge in [-0.3, -0.25) is 0 Å². The van der Waals surface area contributed by atoms with E-state index in [1.165, 1.54) is 12.1 Å². The molecule has 1 aromatic carbocycles. The Morgan fingerprint density at radius 3 is 3.00 bits per heavy atom. The number of rotatable bonds is 2. The molecular formula is C14H15ClFN3O. The number of anilines is 1. The first-order chi connectivity index (χ1) is 9.65. The van der Waals surface area contributed by atoms with E-state index in [9.17, 15) is 4.39 Å². The highest BCUT2D eigenvalue weighted by Crippen LogP contribution is 2.31. The summed E-state index contributed by atoms with van der Waals surface area (Å²) in [5, 5.41) is 4.48. The second-order valence-corrected chi connectivity index (χ2v) is 5.29. The van der Waals surface area contributed by atoms with E-state index >= 15 is 0 Å². The van der Waals surface area contributed by atoms with Gasteiger partial charge in [0, 0.05) is 23.9 Å². The van der Waals surface area contributed by atoms with Crippen molar-refractivity contribution in [2.75, 3.05) is 12.3 Å². The molecule has 106 valence electrons. The normalized spacial score (nSPS) is 19.2. The van der Waals surface area contributed by atoms with Crippen molar-refractivity contribution in [1.82, 2.24) is 9.78 Å². The van der Waals surface area contributed by atoms with Crippen LogP contribution in [0.2, 0.25) is 5.02 Å². The van der Waals surface area contributed by atoms with Crippen LogP contribution in [-0.2, 0) is 4.74 Å². The molecule has 3 rings (SSSR count). The van der Waals surface area contributed by atoms with Crippen molar-refractivity contribution in [2.45, 2.75) is 25.5 Å². The lowest BCUT2D eigenvalue weighted by Crippen LogP contribution is -2.18. The maximum Gasteiger partial charge on any atom is 0.150 e. The molecule has 20 heavy (non-hydrogen) atoms. The van der Waals surface area contributed by atoms with Crippen LogP contribution < -0.4 is 5.73 Å². The monoisotopic (exact) mass is 295 g/mol. The van der Waals surface area contributed by atoms with Crippen LogP contribution in [0.5, 0.6) is 0 Å². The Bertz CT molecular complexity index is 623. The minimum atomic E-state index is -0.409. The van der Waals surface area contributed by atoms with E-state index in [2.05, 4.69) is 5.10 Å². The third kappa shape index (κ3) is 2.51. The van der Waals surface area contributed by atoms with E-state index in [-0.39, 0.29) is 11.3 Å². The number of halogens is 2. The van der Waals surface area contributed by atoms with E-state index in [0.717, 1.165) is 25.9 Å². The predicted octanol–water partition coefficient (Wildman–Crippen LogP) is 3.62. The molecule has 1 saturated heterocycles. The van der Waals surface area contributed by atoms with E-state index in [0.29, 0.717) is 16.8 Å². The van der Waals surface area contributed by atoms with Crippen LogP contribution in [0.1, 0.15) is 25.5 Å². The average molecular weight is 296 g/mol. The van der Waals surface area contributed by atoms with Crippen LogP contribution in [0, 0.1) is 5.82 Å². The molecule has 1 fully saturated rings. The molecule has 6 heteroatoms. The Morgan fingerprint density at radius 1 is 1.40 bits per heavy atom. The lowest BCUT2D eigenvalue weighted by Gasteiger charge is -2.22. The quantitative estimate of drug-likeness (QED) is 0.861. The third-order valence-corrected chi connectivity index (χ3v) is 3.78. The summed E-state index contributed by atoms with van der Waals surface area (Å²) in [5.41, 5.74) is 7.14. The van der Waals surface area contributed by atoms with Crippen molar-refractivity contribution in [3.63, 3.8) is 0 Å². The molecule has 1 atom stereocenters. The number of nitrogens with two attached hydrogens (primary N) is 1. The number of aromatic nitrogens is 2. The van der Waals surface area contributed by atoms with Gasteiger partial charge in [0.15, 0.2) is 0 Å². The summed E-state index contributed by atoms with van der Waals surface area (Å²) in [5.74, 6) is -0.409. The van der Waals surface area contributed by atoms with Crippen LogP contribution in [0.3, 0.4) is 0 Å². The lowest BCUT2D eigenvalue weighted by atomic mass is 10.1. The van der Waals surface area contributed by atoms with Gasteiger partial charge >= 0.3 is 0 Å². The smallest absolute Gasteiger partial charge is 0.150 e. The second kappa shape index (κ2) is 5.42. The summed E-state index contributed by atoms with van der Waals surface area (Å²) in [7, 11) is 0. The van der Waals surface area contributed by atoms with Crippen LogP contribution in [-0.4, -0.2) is 16.4 Å². The van der Waals surface area contributed by atoms with Gasteiger partial charge in [0.2, 0.25) is 0 Å². The first-order valence-electron chi connectivity index (χ1n) is 6.56. The molecule has 0 radical (unpaired) electrons. The van der Waals surface area contributed by atoms with Gasteiger partial charge in [0.05, 0.1) is 16.9 Å². The number of nitrogen functional groups attached to an aromatic ring is 1. The highest BCUT2D eigenvalue weighted by atomic mass is 35.5. The van der Waals surface area contributed by atoms with Crippen molar-refractivity contribution < 1.29 is 9.13 Å². The zero-order valence-electron chi connectivity index (χ0n) is 10.9. The molecule has 1 aliphatic rings. The van der Waals surface area contributed by atoms with E-state index in [1.54, 1.807) is 17.1 Å². The third-order valence-electron chi connectivity index (χ3n) is 3.45. The fourth-order valence-corrected chi connectivity index (χ4v) is 2.50. The molecule has 2 heterocycles. The molecule has 1 unspecified atom stereocenters. The summed E-state index contributed by atoms with van der Waals surface area (Å²) in [6.07, 6.45) is 6.44. The van der Waals surface area contributed by atoms with Gasteiger partial charge in [-0.2, -0.15) is 5.10 Å². The molecule has 4 nitrogen and oxygen atoms in total. The van der Waals surface area contributed by atoms with Crippen LogP contribution in [0.15, 0.2) is 24.5 Å². The number of ether oxygens (including phenoxy) is 1. The van der Waals surface area contributed by atoms with Crippen LogP contribution >= 0.6 is 11.6 Å². The molecule has 0 bridgehead atoms. The predicted molar refractivity (Wildman–Crippen MR) is 75.9 cm³/mol. The number of benzene rings is 1. The Morgan fingerprint density at radius 2 is 2.25 bits per heavy atom. The molecule has 0 spiro atoms. The molecule has 2 N–H and O–H groups in total. The minimum Gasteiger partial charge on any atom is -0.398 e. The largest absolute Gasteiger partial charge is 0.398 e. The van der Waals surface area contributed by atoms with Gasteiger partial charge in [-0.15, -0.1) is 0 Å². The van der Waals surface area contributed by atoms with Crippen LogP contribution in [0.25, 0.3) is 11.1 Å². The molecule has 0 aliphatic carbocycles. The summed E-state index contributed by atoms with van der Waals surface area (Å²) < 4.78 is 21.3. The summed E-state index contributed by atoms with van der Waals surface area (Å²) in [4.78, 5) is 0. The molecule has 1 aliphatic heterocycles. The van der Waals surface area contributed by atoms with E-state index in [1.807, 2.05) is 0 Å². The maximum atomic E-state index is 14.0. The fourth-order valence-electron chi connectivity index (χ4n) is 2.35. The SMILES string of the molecule is Nc1cc(-c2cnn(C3CCCCO3)c2)c(F)cc1Cl. The van der Waals surface area contributed by atoms with Crippen LogP contribution in [0.4, 0.5) is 10.1 Å². The first kappa shape index (κ1) is 13.4. The standard InChI is InChI=1S/C14H15ClFN3O/c15-11-6-12(16)10(5-13(11)17)9-7-18-19(8-9)14-3-1-2-4-20-14/h5-8,14H,1-4,17H2. The Balaban J connectivity index is 1.91. The van der Waals surface area contributed by atoms with Gasteiger partial charge in [0.25, 0.3) is 0 Å². The van der Waals surface area contributed by atoms with E-state index < -0.39 is 5.82 Å². The highest BCUT2D eigenvalue weighted by Gasteiger charge is 2.18. The number of hydrogen-bond acceptors (Lipinski definition) is 3. The molecule has 0 saturated carbocycles. The zero-order valence-corrected chi connectivity index (χ0v) is 11.6. The molecule has 1 aromatic heterocycles. The number of nitrogens with zero attached hydrogens (tertiary/aromatic N) is 2. The minimum absolute atomic E-state index is 0.0646. The maximum absolute atomic E-state index is 14.0. The molecule has 2 aromatic rings. The van der Waals surface area contributed by atoms with Crippen molar-refractivity contribution in [1.29, 1.82) is 0 Å². The Hall–Kier alpha value is -1.59. The van der Waals surface area contributed by atoms with Crippen molar-refractivity contribution in [2.24, 2.45) is 0 Å². The lowest BCUT2D eigenvalue weighted by molar-refractivity contribution is -0.0394. The Kier molecular flexibility index (Phi) is 3.63. The topological polar surface area (TPSA) is 53.1 Å². The summed E-state index contributed by atoms with van der Waals surface area (Å²) >= 11 is 5.79. The first-order valence-corrected chi connectivity index (χ1v) is 6.93. The van der Waals surface area contributed by atoms with Gasteiger partial charge in [-0.1, -0.05) is 11.6 Å².